The summed E-state index contributed by atoms with van der Waals surface area (Å²) < 4.78 is 16.7. The van der Waals surface area contributed by atoms with Crippen molar-refractivity contribution in [2.75, 3.05) is 12.9 Å². The van der Waals surface area contributed by atoms with Gasteiger partial charge in [0.25, 0.3) is 5.69 Å². The Morgan fingerprint density at radius 2 is 2.05 bits per heavy atom. The highest BCUT2D eigenvalue weighted by atomic mass is 32.2. The number of hydrogen-bond acceptors (Lipinski definition) is 6. The van der Waals surface area contributed by atoms with Gasteiger partial charge in [-0.05, 0) is 6.07 Å². The second-order valence-electron chi connectivity index (χ2n) is 4.01. The van der Waals surface area contributed by atoms with Crippen molar-refractivity contribution < 1.29 is 23.5 Å². The smallest absolute Gasteiger partial charge is 0.329 e. The van der Waals surface area contributed by atoms with Crippen LogP contribution in [-0.2, 0) is 25.1 Å². The SMILES string of the molecule is COC(=O)C(CS(=O)c1ccccc1[N+](=O)[O-])NC(C)=O. The number of hydrogen-bond donors (Lipinski definition) is 1. The maximum Gasteiger partial charge on any atom is 0.329 e. The molecule has 0 saturated carbocycles. The third-order valence-corrected chi connectivity index (χ3v) is 3.96. The first-order valence-corrected chi connectivity index (χ1v) is 7.15. The number of carbonyl (C=O) groups excluding carboxylic acids is 2. The van der Waals surface area contributed by atoms with E-state index in [4.69, 9.17) is 0 Å². The van der Waals surface area contributed by atoms with Crippen molar-refractivity contribution in [1.82, 2.24) is 5.32 Å². The number of nitrogens with zero attached hydrogens (tertiary/aromatic N) is 1. The van der Waals surface area contributed by atoms with Crippen LogP contribution in [0.5, 0.6) is 0 Å². The average molecular weight is 314 g/mol. The zero-order chi connectivity index (χ0) is 16.0. The molecule has 1 N–H and O–H groups in total. The molecule has 1 amide bonds. The minimum atomic E-state index is -1.84. The summed E-state index contributed by atoms with van der Waals surface area (Å²) in [7, 11) is -0.711. The van der Waals surface area contributed by atoms with Gasteiger partial charge in [0.15, 0.2) is 0 Å². The number of nitro benzene ring substituents is 1. The Kier molecular flexibility index (Phi) is 5.97. The first-order valence-electron chi connectivity index (χ1n) is 5.83. The number of para-hydroxylation sites is 1. The Morgan fingerprint density at radius 1 is 1.43 bits per heavy atom. The van der Waals surface area contributed by atoms with Gasteiger partial charge in [0.1, 0.15) is 10.9 Å². The predicted octanol–water partition coefficient (Wildman–Crippen LogP) is 0.380. The lowest BCUT2D eigenvalue weighted by Crippen LogP contribution is -2.44. The van der Waals surface area contributed by atoms with E-state index in [9.17, 15) is 23.9 Å². The number of nitro groups is 1. The van der Waals surface area contributed by atoms with Gasteiger partial charge in [-0.3, -0.25) is 19.1 Å². The van der Waals surface area contributed by atoms with Gasteiger partial charge < -0.3 is 10.1 Å². The van der Waals surface area contributed by atoms with Gasteiger partial charge in [0.2, 0.25) is 5.91 Å². The van der Waals surface area contributed by atoms with E-state index in [0.29, 0.717) is 0 Å². The van der Waals surface area contributed by atoms with Crippen molar-refractivity contribution in [3.63, 3.8) is 0 Å². The van der Waals surface area contributed by atoms with Gasteiger partial charge in [-0.1, -0.05) is 12.1 Å². The van der Waals surface area contributed by atoms with Crippen LogP contribution in [-0.4, -0.2) is 39.9 Å². The molecule has 0 aliphatic carbocycles. The highest BCUT2D eigenvalue weighted by molar-refractivity contribution is 7.85. The van der Waals surface area contributed by atoms with Crippen molar-refractivity contribution in [1.29, 1.82) is 0 Å². The molecular weight excluding hydrogens is 300 g/mol. The highest BCUT2D eigenvalue weighted by Gasteiger charge is 2.26. The largest absolute Gasteiger partial charge is 0.467 e. The average Bonchev–Trinajstić information content (AvgIpc) is 2.45. The molecule has 9 heteroatoms. The summed E-state index contributed by atoms with van der Waals surface area (Å²) in [5, 5.41) is 13.2. The molecule has 0 spiro atoms. The normalized spacial score (nSPS) is 13.0. The van der Waals surface area contributed by atoms with Crippen LogP contribution >= 0.6 is 0 Å². The molecule has 21 heavy (non-hydrogen) atoms. The number of esters is 1. The second kappa shape index (κ2) is 7.48. The Balaban J connectivity index is 2.99. The molecule has 1 aromatic rings. The number of carbonyl (C=O) groups is 2. The summed E-state index contributed by atoms with van der Waals surface area (Å²) in [4.78, 5) is 32.8. The Morgan fingerprint density at radius 3 is 2.57 bits per heavy atom. The van der Waals surface area contributed by atoms with Crippen LogP contribution in [0, 0.1) is 10.1 Å². The standard InChI is InChI=1S/C12H14N2O6S/c1-8(15)13-9(12(16)20-2)7-21(19)11-6-4-3-5-10(11)14(17)18/h3-6,9H,7H2,1-2H3,(H,13,15). The molecule has 0 fully saturated rings. The summed E-state index contributed by atoms with van der Waals surface area (Å²) in [5.74, 6) is -1.57. The fourth-order valence-electron chi connectivity index (χ4n) is 1.60. The van der Waals surface area contributed by atoms with E-state index in [1.165, 1.54) is 31.2 Å². The molecule has 2 unspecified atom stereocenters. The number of amides is 1. The zero-order valence-corrected chi connectivity index (χ0v) is 12.2. The van der Waals surface area contributed by atoms with Crippen molar-refractivity contribution in [3.05, 3.63) is 34.4 Å². The number of nitrogens with one attached hydrogen (secondary N) is 1. The maximum absolute atomic E-state index is 12.2. The monoisotopic (exact) mass is 314 g/mol. The molecule has 0 saturated heterocycles. The van der Waals surface area contributed by atoms with Crippen LogP contribution in [0.3, 0.4) is 0 Å². The third kappa shape index (κ3) is 4.63. The Labute approximate surface area is 123 Å². The lowest BCUT2D eigenvalue weighted by molar-refractivity contribution is -0.387. The van der Waals surface area contributed by atoms with Gasteiger partial charge in [0.05, 0.1) is 28.6 Å². The predicted molar refractivity (Wildman–Crippen MR) is 74.0 cm³/mol. The first kappa shape index (κ1) is 16.8. The van der Waals surface area contributed by atoms with E-state index in [1.807, 2.05) is 0 Å². The topological polar surface area (TPSA) is 116 Å². The fraction of sp³-hybridized carbons (Fsp3) is 0.333. The van der Waals surface area contributed by atoms with Gasteiger partial charge in [-0.15, -0.1) is 0 Å². The van der Waals surface area contributed by atoms with Crippen molar-refractivity contribution in [2.45, 2.75) is 17.9 Å². The lowest BCUT2D eigenvalue weighted by Gasteiger charge is -2.14. The summed E-state index contributed by atoms with van der Waals surface area (Å²) in [6.45, 7) is 1.20. The molecule has 0 radical (unpaired) electrons. The van der Waals surface area contributed by atoms with Gasteiger partial charge in [-0.2, -0.15) is 0 Å². The molecule has 0 heterocycles. The molecular formula is C12H14N2O6S. The van der Waals surface area contributed by atoms with Crippen LogP contribution in [0.25, 0.3) is 0 Å². The third-order valence-electron chi connectivity index (χ3n) is 2.49. The van der Waals surface area contributed by atoms with Crippen molar-refractivity contribution in [3.8, 4) is 0 Å². The highest BCUT2D eigenvalue weighted by Crippen LogP contribution is 2.22. The van der Waals surface area contributed by atoms with E-state index >= 15 is 0 Å². The minimum absolute atomic E-state index is 0.0123. The zero-order valence-electron chi connectivity index (χ0n) is 11.4. The first-order chi connectivity index (χ1) is 9.86. The van der Waals surface area contributed by atoms with Crippen molar-refractivity contribution >= 4 is 28.4 Å². The van der Waals surface area contributed by atoms with E-state index in [2.05, 4.69) is 10.1 Å². The summed E-state index contributed by atoms with van der Waals surface area (Å²) in [6, 6.07) is 4.39. The minimum Gasteiger partial charge on any atom is -0.467 e. The molecule has 0 aliphatic heterocycles. The van der Waals surface area contributed by atoms with Gasteiger partial charge in [0, 0.05) is 13.0 Å². The Hall–Kier alpha value is -2.29. The van der Waals surface area contributed by atoms with E-state index in [0.717, 1.165) is 7.11 Å². The summed E-state index contributed by atoms with van der Waals surface area (Å²) in [5.41, 5.74) is -0.303. The summed E-state index contributed by atoms with van der Waals surface area (Å²) in [6.07, 6.45) is 0. The van der Waals surface area contributed by atoms with E-state index in [-0.39, 0.29) is 16.3 Å². The van der Waals surface area contributed by atoms with Gasteiger partial charge in [-0.25, -0.2) is 4.79 Å². The molecule has 1 aromatic carbocycles. The van der Waals surface area contributed by atoms with Crippen LogP contribution in [0.2, 0.25) is 0 Å². The van der Waals surface area contributed by atoms with Crippen LogP contribution in [0.4, 0.5) is 5.69 Å². The molecule has 8 nitrogen and oxygen atoms in total. The number of rotatable bonds is 6. The van der Waals surface area contributed by atoms with Crippen molar-refractivity contribution in [2.24, 2.45) is 0 Å². The van der Waals surface area contributed by atoms with Crippen LogP contribution < -0.4 is 5.32 Å². The number of benzene rings is 1. The lowest BCUT2D eigenvalue weighted by atomic mass is 10.3. The van der Waals surface area contributed by atoms with Crippen LogP contribution in [0.15, 0.2) is 29.2 Å². The number of methoxy groups -OCH3 is 1. The quantitative estimate of drug-likeness (QED) is 0.461. The fourth-order valence-corrected chi connectivity index (χ4v) is 2.91. The Bertz CT molecular complexity index is 589. The second-order valence-corrected chi connectivity index (χ2v) is 5.48. The molecule has 0 aromatic heterocycles. The van der Waals surface area contributed by atoms with Crippen LogP contribution in [0.1, 0.15) is 6.92 Å². The molecule has 0 bridgehead atoms. The molecule has 1 rings (SSSR count). The van der Waals surface area contributed by atoms with E-state index < -0.39 is 33.6 Å². The maximum atomic E-state index is 12.2. The molecule has 2 atom stereocenters. The number of ether oxygens (including phenoxy) is 1. The molecule has 114 valence electrons. The molecule has 0 aliphatic rings. The van der Waals surface area contributed by atoms with E-state index in [1.54, 1.807) is 0 Å². The van der Waals surface area contributed by atoms with Gasteiger partial charge >= 0.3 is 5.97 Å². The summed E-state index contributed by atoms with van der Waals surface area (Å²) >= 11 is 0.